The number of carbonyl (C=O) groups is 2. The van der Waals surface area contributed by atoms with E-state index in [1.54, 1.807) is 18.0 Å². The van der Waals surface area contributed by atoms with Crippen LogP contribution >= 0.6 is 0 Å². The van der Waals surface area contributed by atoms with Gasteiger partial charge in [0.25, 0.3) is 5.91 Å². The molecule has 2 aromatic rings. The molecular formula is C20H21NO3. The van der Waals surface area contributed by atoms with Crippen molar-refractivity contribution in [2.45, 2.75) is 26.3 Å². The summed E-state index contributed by atoms with van der Waals surface area (Å²) < 4.78 is 5.69. The molecule has 1 aliphatic carbocycles. The van der Waals surface area contributed by atoms with Gasteiger partial charge in [-0.15, -0.1) is 0 Å². The molecular weight excluding hydrogens is 302 g/mol. The van der Waals surface area contributed by atoms with Gasteiger partial charge in [-0.2, -0.15) is 0 Å². The summed E-state index contributed by atoms with van der Waals surface area (Å²) in [5.41, 5.74) is 3.94. The Morgan fingerprint density at radius 3 is 2.62 bits per heavy atom. The quantitative estimate of drug-likeness (QED) is 0.849. The van der Waals surface area contributed by atoms with Gasteiger partial charge in [0.05, 0.1) is 0 Å². The standard InChI is InChI=1S/C20H21NO3/c1-14-6-8-15(9-7-14)12-21(2)20(23)13-24-19-5-3-4-16-17(19)10-11-18(16)22/h3-9H,10-13H2,1-2H3. The Labute approximate surface area is 142 Å². The molecule has 4 heteroatoms. The van der Waals surface area contributed by atoms with Crippen LogP contribution < -0.4 is 4.74 Å². The second-order valence-electron chi connectivity index (χ2n) is 6.23. The summed E-state index contributed by atoms with van der Waals surface area (Å²) in [5.74, 6) is 0.714. The number of benzene rings is 2. The van der Waals surface area contributed by atoms with Gasteiger partial charge in [0.2, 0.25) is 0 Å². The lowest BCUT2D eigenvalue weighted by molar-refractivity contribution is -0.132. The maximum atomic E-state index is 12.3. The van der Waals surface area contributed by atoms with Gasteiger partial charge in [-0.3, -0.25) is 9.59 Å². The second kappa shape index (κ2) is 6.87. The van der Waals surface area contributed by atoms with Crippen LogP contribution in [-0.4, -0.2) is 30.2 Å². The minimum Gasteiger partial charge on any atom is -0.483 e. The van der Waals surface area contributed by atoms with Crippen molar-refractivity contribution in [3.05, 3.63) is 64.7 Å². The van der Waals surface area contributed by atoms with E-state index < -0.39 is 0 Å². The highest BCUT2D eigenvalue weighted by atomic mass is 16.5. The molecule has 2 aromatic carbocycles. The molecule has 0 fully saturated rings. The Hall–Kier alpha value is -2.62. The molecule has 0 aliphatic heterocycles. The number of fused-ring (bicyclic) bond motifs is 1. The van der Waals surface area contributed by atoms with E-state index in [1.807, 2.05) is 43.3 Å². The minimum absolute atomic E-state index is 0.0208. The van der Waals surface area contributed by atoms with E-state index in [9.17, 15) is 9.59 Å². The molecule has 0 unspecified atom stereocenters. The van der Waals surface area contributed by atoms with Crippen LogP contribution in [0.5, 0.6) is 5.75 Å². The van der Waals surface area contributed by atoms with Crippen LogP contribution in [0.25, 0.3) is 0 Å². The van der Waals surface area contributed by atoms with Gasteiger partial charge in [-0.05, 0) is 25.0 Å². The largest absolute Gasteiger partial charge is 0.483 e. The van der Waals surface area contributed by atoms with Crippen LogP contribution in [0.3, 0.4) is 0 Å². The van der Waals surface area contributed by atoms with Crippen molar-refractivity contribution in [3.63, 3.8) is 0 Å². The first-order chi connectivity index (χ1) is 11.5. The Kier molecular flexibility index (Phi) is 4.65. The molecule has 24 heavy (non-hydrogen) atoms. The molecule has 0 heterocycles. The third kappa shape index (κ3) is 3.48. The van der Waals surface area contributed by atoms with Crippen molar-refractivity contribution in [2.24, 2.45) is 0 Å². The lowest BCUT2D eigenvalue weighted by Gasteiger charge is -2.18. The predicted octanol–water partition coefficient (Wildman–Crippen LogP) is 3.16. The van der Waals surface area contributed by atoms with Crippen molar-refractivity contribution in [2.75, 3.05) is 13.7 Å². The van der Waals surface area contributed by atoms with Crippen molar-refractivity contribution in [3.8, 4) is 5.75 Å². The zero-order valence-electron chi connectivity index (χ0n) is 14.0. The van der Waals surface area contributed by atoms with E-state index in [-0.39, 0.29) is 18.3 Å². The van der Waals surface area contributed by atoms with Gasteiger partial charge in [-0.25, -0.2) is 0 Å². The predicted molar refractivity (Wildman–Crippen MR) is 92.2 cm³/mol. The lowest BCUT2D eigenvalue weighted by Crippen LogP contribution is -2.31. The number of rotatable bonds is 5. The molecule has 0 aromatic heterocycles. The fourth-order valence-corrected chi connectivity index (χ4v) is 2.90. The fourth-order valence-electron chi connectivity index (χ4n) is 2.90. The van der Waals surface area contributed by atoms with Crippen molar-refractivity contribution in [1.29, 1.82) is 0 Å². The minimum atomic E-state index is -0.0856. The summed E-state index contributed by atoms with van der Waals surface area (Å²) >= 11 is 0. The molecule has 124 valence electrons. The molecule has 0 radical (unpaired) electrons. The Morgan fingerprint density at radius 1 is 1.12 bits per heavy atom. The topological polar surface area (TPSA) is 46.6 Å². The van der Waals surface area contributed by atoms with Crippen molar-refractivity contribution < 1.29 is 14.3 Å². The van der Waals surface area contributed by atoms with Crippen LogP contribution in [0.15, 0.2) is 42.5 Å². The van der Waals surface area contributed by atoms with Crippen LogP contribution in [0.4, 0.5) is 0 Å². The molecule has 4 nitrogen and oxygen atoms in total. The SMILES string of the molecule is Cc1ccc(CN(C)C(=O)COc2cccc3c2CCC3=O)cc1. The lowest BCUT2D eigenvalue weighted by atomic mass is 10.1. The van der Waals surface area contributed by atoms with Gasteiger partial charge < -0.3 is 9.64 Å². The fraction of sp³-hybridized carbons (Fsp3) is 0.300. The van der Waals surface area contributed by atoms with E-state index in [0.717, 1.165) is 16.7 Å². The molecule has 0 atom stereocenters. The highest BCUT2D eigenvalue weighted by Gasteiger charge is 2.23. The Bertz CT molecular complexity index is 765. The first-order valence-electron chi connectivity index (χ1n) is 8.12. The molecule has 0 spiro atoms. The van der Waals surface area contributed by atoms with E-state index in [0.29, 0.717) is 25.1 Å². The summed E-state index contributed by atoms with van der Waals surface area (Å²) in [6.07, 6.45) is 1.22. The van der Waals surface area contributed by atoms with Crippen LogP contribution in [0, 0.1) is 6.92 Å². The smallest absolute Gasteiger partial charge is 0.260 e. The van der Waals surface area contributed by atoms with E-state index >= 15 is 0 Å². The maximum Gasteiger partial charge on any atom is 0.260 e. The molecule has 0 N–H and O–H groups in total. The summed E-state index contributed by atoms with van der Waals surface area (Å²) in [5, 5.41) is 0. The highest BCUT2D eigenvalue weighted by Crippen LogP contribution is 2.30. The average molecular weight is 323 g/mol. The number of amides is 1. The number of likely N-dealkylation sites (N-methyl/N-ethyl adjacent to an activating group) is 1. The Balaban J connectivity index is 1.59. The van der Waals surface area contributed by atoms with E-state index in [2.05, 4.69) is 0 Å². The van der Waals surface area contributed by atoms with Gasteiger partial charge in [-0.1, -0.05) is 42.0 Å². The van der Waals surface area contributed by atoms with Gasteiger partial charge in [0.15, 0.2) is 12.4 Å². The normalized spacial score (nSPS) is 12.8. The van der Waals surface area contributed by atoms with Gasteiger partial charge in [0, 0.05) is 31.1 Å². The van der Waals surface area contributed by atoms with E-state index in [1.165, 1.54) is 5.56 Å². The molecule has 0 bridgehead atoms. The molecule has 0 saturated carbocycles. The second-order valence-corrected chi connectivity index (χ2v) is 6.23. The summed E-state index contributed by atoms with van der Waals surface area (Å²) in [6.45, 7) is 2.57. The number of nitrogens with zero attached hydrogens (tertiary/aromatic N) is 1. The third-order valence-electron chi connectivity index (χ3n) is 4.35. The molecule has 1 amide bonds. The van der Waals surface area contributed by atoms with Crippen LogP contribution in [0.2, 0.25) is 0 Å². The van der Waals surface area contributed by atoms with Gasteiger partial charge >= 0.3 is 0 Å². The zero-order valence-corrected chi connectivity index (χ0v) is 14.0. The highest BCUT2D eigenvalue weighted by molar-refractivity contribution is 6.01. The molecule has 3 rings (SSSR count). The number of ether oxygens (including phenoxy) is 1. The first-order valence-corrected chi connectivity index (χ1v) is 8.12. The third-order valence-corrected chi connectivity index (χ3v) is 4.35. The van der Waals surface area contributed by atoms with E-state index in [4.69, 9.17) is 4.74 Å². The summed E-state index contributed by atoms with van der Waals surface area (Å²) in [4.78, 5) is 25.7. The number of carbonyl (C=O) groups excluding carboxylic acids is 2. The van der Waals surface area contributed by atoms with Crippen molar-refractivity contribution in [1.82, 2.24) is 4.90 Å². The number of hydrogen-bond acceptors (Lipinski definition) is 3. The maximum absolute atomic E-state index is 12.3. The zero-order chi connectivity index (χ0) is 17.1. The summed E-state index contributed by atoms with van der Waals surface area (Å²) in [6, 6.07) is 13.6. The number of hydrogen-bond donors (Lipinski definition) is 0. The van der Waals surface area contributed by atoms with Crippen LogP contribution in [-0.2, 0) is 17.8 Å². The average Bonchev–Trinajstić information content (AvgIpc) is 2.96. The number of Topliss-reactive ketones (excluding diaryl/α,β-unsaturated/α-hetero) is 1. The monoisotopic (exact) mass is 323 g/mol. The number of aryl methyl sites for hydroxylation is 1. The first kappa shape index (κ1) is 16.2. The van der Waals surface area contributed by atoms with Gasteiger partial charge in [0.1, 0.15) is 5.75 Å². The Morgan fingerprint density at radius 2 is 1.88 bits per heavy atom. The number of ketones is 1. The van der Waals surface area contributed by atoms with Crippen molar-refractivity contribution >= 4 is 11.7 Å². The van der Waals surface area contributed by atoms with Crippen LogP contribution in [0.1, 0.15) is 33.5 Å². The summed E-state index contributed by atoms with van der Waals surface area (Å²) in [7, 11) is 1.77. The molecule has 1 aliphatic rings. The molecule has 0 saturated heterocycles.